The molecule has 11 heteroatoms. The van der Waals surface area contributed by atoms with Crippen LogP contribution in [0, 0.1) is 0 Å². The first kappa shape index (κ1) is 24.1. The second kappa shape index (κ2) is 10.2. The number of hydrogen-bond donors (Lipinski definition) is 0. The topological polar surface area (TPSA) is 18.5 Å². The van der Waals surface area contributed by atoms with Crippen molar-refractivity contribution in [3.05, 3.63) is 35.8 Å². The van der Waals surface area contributed by atoms with Crippen LogP contribution < -0.4 is 15.6 Å². The zero-order chi connectivity index (χ0) is 19.0. The van der Waals surface area contributed by atoms with Crippen molar-refractivity contribution in [2.75, 3.05) is 14.2 Å². The third-order valence-corrected chi connectivity index (χ3v) is 28.3. The van der Waals surface area contributed by atoms with Crippen LogP contribution in [0.15, 0.2) is 35.8 Å². The van der Waals surface area contributed by atoms with E-state index in [0.717, 1.165) is 47.3 Å². The first-order valence-corrected chi connectivity index (χ1v) is 18.3. The molecular weight excluding hydrogens is 1040 g/mol. The third kappa shape index (κ3) is 4.77. The number of rotatable bonds is 4. The molecular formula is C14H6Br8HgO2. The standard InChI is InChI=1S/2C7H3Br4O.Hg/c2*1-12-7-5(10)3(8)2-4(9)6(7)11;/h2*1H3;. The van der Waals surface area contributed by atoms with Gasteiger partial charge in [0.15, 0.2) is 0 Å². The molecule has 2 aromatic carbocycles. The quantitative estimate of drug-likeness (QED) is 0.230. The minimum absolute atomic E-state index is 0.756. The molecule has 0 aliphatic heterocycles. The molecule has 2 nitrogen and oxygen atoms in total. The van der Waals surface area contributed by atoms with Gasteiger partial charge < -0.3 is 0 Å². The number of hydrogen-bond acceptors (Lipinski definition) is 2. The predicted molar refractivity (Wildman–Crippen MR) is 127 cm³/mol. The van der Waals surface area contributed by atoms with Gasteiger partial charge in [-0.3, -0.25) is 0 Å². The van der Waals surface area contributed by atoms with E-state index in [1.54, 1.807) is 14.2 Å². The second-order valence-electron chi connectivity index (χ2n) is 4.71. The van der Waals surface area contributed by atoms with E-state index in [4.69, 9.17) is 9.47 Å². The van der Waals surface area contributed by atoms with E-state index in [9.17, 15) is 0 Å². The maximum absolute atomic E-state index is 5.48. The normalized spacial score (nSPS) is 10.6. The third-order valence-electron chi connectivity index (χ3n) is 3.39. The zero-order valence-corrected chi connectivity index (χ0v) is 30.7. The summed E-state index contributed by atoms with van der Waals surface area (Å²) in [7, 11) is 3.30. The molecule has 0 N–H and O–H groups in total. The van der Waals surface area contributed by atoms with Crippen LogP contribution in [0.4, 0.5) is 0 Å². The first-order chi connectivity index (χ1) is 11.7. The summed E-state index contributed by atoms with van der Waals surface area (Å²) in [6.45, 7) is 0. The van der Waals surface area contributed by atoms with Gasteiger partial charge in [0.05, 0.1) is 0 Å². The van der Waals surface area contributed by atoms with Crippen molar-refractivity contribution in [3.63, 3.8) is 0 Å². The molecule has 0 fully saturated rings. The van der Waals surface area contributed by atoms with Crippen LogP contribution in [-0.4, -0.2) is 14.2 Å². The molecule has 0 atom stereocenters. The van der Waals surface area contributed by atoms with E-state index in [-0.39, 0.29) is 0 Å². The molecule has 2 rings (SSSR count). The summed E-state index contributed by atoms with van der Waals surface area (Å²) in [5.74, 6) is 1.51. The van der Waals surface area contributed by atoms with Crippen molar-refractivity contribution in [1.82, 2.24) is 0 Å². The Morgan fingerprint density at radius 3 is 0.920 bits per heavy atom. The zero-order valence-electron chi connectivity index (χ0n) is 12.5. The van der Waals surface area contributed by atoms with Crippen molar-refractivity contribution in [1.29, 1.82) is 0 Å². The fourth-order valence-electron chi connectivity index (χ4n) is 2.16. The van der Waals surface area contributed by atoms with Crippen LogP contribution in [0.5, 0.6) is 11.5 Å². The average Bonchev–Trinajstić information content (AvgIpc) is 2.59. The van der Waals surface area contributed by atoms with E-state index < -0.39 is 24.6 Å². The molecule has 0 aliphatic carbocycles. The average molecular weight is 1050 g/mol. The molecule has 0 unspecified atom stereocenters. The molecule has 0 aliphatic rings. The van der Waals surface area contributed by atoms with E-state index >= 15 is 0 Å². The molecule has 25 heavy (non-hydrogen) atoms. The van der Waals surface area contributed by atoms with Gasteiger partial charge in [-0.25, -0.2) is 0 Å². The fourth-order valence-corrected chi connectivity index (χ4v) is 22.6. The van der Waals surface area contributed by atoms with E-state index in [1.165, 1.54) is 6.14 Å². The molecule has 0 amide bonds. The molecule has 0 heterocycles. The van der Waals surface area contributed by atoms with Crippen LogP contribution in [0.3, 0.4) is 0 Å². The summed E-state index contributed by atoms with van der Waals surface area (Å²) in [5, 5.41) is 0. The van der Waals surface area contributed by atoms with Gasteiger partial charge in [0.1, 0.15) is 0 Å². The van der Waals surface area contributed by atoms with Gasteiger partial charge in [-0.05, 0) is 0 Å². The van der Waals surface area contributed by atoms with Crippen molar-refractivity contribution in [2.24, 2.45) is 0 Å². The number of ether oxygens (including phenoxy) is 2. The second-order valence-corrected chi connectivity index (χ2v) is 17.9. The molecule has 0 aromatic heterocycles. The Balaban J connectivity index is 2.70. The van der Waals surface area contributed by atoms with Crippen molar-refractivity contribution < 1.29 is 34.0 Å². The minimum atomic E-state index is -1.83. The van der Waals surface area contributed by atoms with Crippen LogP contribution in [0.25, 0.3) is 0 Å². The van der Waals surface area contributed by atoms with Crippen molar-refractivity contribution in [3.8, 4) is 11.5 Å². The molecule has 2 aromatic rings. The molecule has 0 spiro atoms. The van der Waals surface area contributed by atoms with Gasteiger partial charge in [0.25, 0.3) is 0 Å². The monoisotopic (exact) mass is 1040 g/mol. The van der Waals surface area contributed by atoms with Crippen molar-refractivity contribution in [2.45, 2.75) is 0 Å². The molecule has 0 bridgehead atoms. The molecule has 0 saturated heterocycles. The summed E-state index contributed by atoms with van der Waals surface area (Å²) in [6, 6.07) is 0. The van der Waals surface area contributed by atoms with Gasteiger partial charge in [0, 0.05) is 0 Å². The molecule has 0 saturated carbocycles. The van der Waals surface area contributed by atoms with Crippen LogP contribution in [0.2, 0.25) is 0 Å². The van der Waals surface area contributed by atoms with Gasteiger partial charge in [-0.15, -0.1) is 0 Å². The molecule has 132 valence electrons. The van der Waals surface area contributed by atoms with Gasteiger partial charge >= 0.3 is 229 Å². The van der Waals surface area contributed by atoms with Gasteiger partial charge in [-0.2, -0.15) is 0 Å². The Kier molecular flexibility index (Phi) is 9.85. The Morgan fingerprint density at radius 2 is 0.720 bits per heavy atom. The van der Waals surface area contributed by atoms with Crippen LogP contribution in [0.1, 0.15) is 0 Å². The predicted octanol–water partition coefficient (Wildman–Crippen LogP) is 7.84. The Bertz CT molecular complexity index is 728. The van der Waals surface area contributed by atoms with Crippen molar-refractivity contribution >= 4 is 134 Å². The number of halogens is 8. The summed E-state index contributed by atoms with van der Waals surface area (Å²) < 4.78 is 21.2. The van der Waals surface area contributed by atoms with E-state index in [0.29, 0.717) is 0 Å². The van der Waals surface area contributed by atoms with Gasteiger partial charge in [0.2, 0.25) is 0 Å². The summed E-state index contributed by atoms with van der Waals surface area (Å²) in [4.78, 5) is 0. The Hall–Kier alpha value is 2.82. The SMILES string of the molecule is COc1c(Br)c(Br)[c]([Hg][c]2c(Br)c(Br)c(OC)c(Br)c2Br)c(Br)c1Br. The molecule has 0 radical (unpaired) electrons. The van der Waals surface area contributed by atoms with E-state index in [2.05, 4.69) is 127 Å². The maximum atomic E-state index is 5.48. The number of benzene rings is 2. The summed E-state index contributed by atoms with van der Waals surface area (Å²) in [5.41, 5.74) is 0. The van der Waals surface area contributed by atoms with Crippen LogP contribution >= 0.6 is 127 Å². The van der Waals surface area contributed by atoms with Gasteiger partial charge in [-0.1, -0.05) is 0 Å². The Labute approximate surface area is 225 Å². The number of methoxy groups -OCH3 is 2. The van der Waals surface area contributed by atoms with E-state index in [1.807, 2.05) is 0 Å². The summed E-state index contributed by atoms with van der Waals surface area (Å²) >= 11 is 27.6. The first-order valence-electron chi connectivity index (χ1n) is 6.44. The van der Waals surface area contributed by atoms with Crippen LogP contribution in [-0.2, 0) is 24.6 Å². The fraction of sp³-hybridized carbons (Fsp3) is 0.143. The Morgan fingerprint density at radius 1 is 0.480 bits per heavy atom. The summed E-state index contributed by atoms with van der Waals surface area (Å²) in [6.07, 6.45) is 0.